The summed E-state index contributed by atoms with van der Waals surface area (Å²) in [5.41, 5.74) is 1.16. The first-order valence-electron chi connectivity index (χ1n) is 7.97. The predicted molar refractivity (Wildman–Crippen MR) is 82.4 cm³/mol. The minimum absolute atomic E-state index is 0.633. The Hall–Kier alpha value is -1.29. The van der Waals surface area contributed by atoms with E-state index in [4.69, 9.17) is 4.74 Å². The van der Waals surface area contributed by atoms with Crippen molar-refractivity contribution in [3.63, 3.8) is 0 Å². The fourth-order valence-corrected chi connectivity index (χ4v) is 3.11. The molecule has 0 unspecified atom stereocenters. The molecule has 0 spiro atoms. The van der Waals surface area contributed by atoms with Gasteiger partial charge in [-0.1, -0.05) is 25.7 Å². The molecule has 2 heterocycles. The predicted octanol–water partition coefficient (Wildman–Crippen LogP) is 3.05. The maximum absolute atomic E-state index is 5.38. The summed E-state index contributed by atoms with van der Waals surface area (Å²) < 4.78 is 5.38. The van der Waals surface area contributed by atoms with Gasteiger partial charge < -0.3 is 15.0 Å². The van der Waals surface area contributed by atoms with E-state index >= 15 is 0 Å². The van der Waals surface area contributed by atoms with Gasteiger partial charge >= 0.3 is 0 Å². The van der Waals surface area contributed by atoms with E-state index in [2.05, 4.69) is 27.3 Å². The minimum atomic E-state index is 0.633. The second kappa shape index (κ2) is 6.93. The average Bonchev–Trinajstić information content (AvgIpc) is 2.78. The van der Waals surface area contributed by atoms with Crippen LogP contribution in [0.15, 0.2) is 18.3 Å². The number of aromatic nitrogens is 1. The van der Waals surface area contributed by atoms with E-state index in [0.717, 1.165) is 37.8 Å². The molecular formula is C16H25N3O. The molecule has 0 amide bonds. The summed E-state index contributed by atoms with van der Waals surface area (Å²) in [5.74, 6) is 1.07. The lowest BCUT2D eigenvalue weighted by molar-refractivity contribution is 0.122. The highest BCUT2D eigenvalue weighted by molar-refractivity contribution is 5.49. The SMILES string of the molecule is c1cc(N2CCOCC2)ncc1NC1CCCCCC1. The summed E-state index contributed by atoms with van der Waals surface area (Å²) in [5, 5.41) is 3.65. The number of anilines is 2. The van der Waals surface area contributed by atoms with E-state index in [-0.39, 0.29) is 0 Å². The molecular weight excluding hydrogens is 250 g/mol. The van der Waals surface area contributed by atoms with Gasteiger partial charge in [-0.25, -0.2) is 4.98 Å². The van der Waals surface area contributed by atoms with E-state index in [1.165, 1.54) is 38.5 Å². The Bertz CT molecular complexity index is 393. The molecule has 1 saturated carbocycles. The first-order chi connectivity index (χ1) is 9.92. The molecule has 110 valence electrons. The van der Waals surface area contributed by atoms with Crippen molar-refractivity contribution in [3.05, 3.63) is 18.3 Å². The zero-order chi connectivity index (χ0) is 13.6. The fraction of sp³-hybridized carbons (Fsp3) is 0.688. The van der Waals surface area contributed by atoms with E-state index in [9.17, 15) is 0 Å². The van der Waals surface area contributed by atoms with Gasteiger partial charge in [0.1, 0.15) is 5.82 Å². The van der Waals surface area contributed by atoms with Crippen LogP contribution in [0.3, 0.4) is 0 Å². The summed E-state index contributed by atoms with van der Waals surface area (Å²) in [6.07, 6.45) is 10.1. The molecule has 0 aromatic carbocycles. The molecule has 0 atom stereocenters. The molecule has 4 heteroatoms. The highest BCUT2D eigenvalue weighted by Gasteiger charge is 2.14. The molecule has 1 aromatic heterocycles. The van der Waals surface area contributed by atoms with Crippen LogP contribution in [-0.4, -0.2) is 37.3 Å². The maximum Gasteiger partial charge on any atom is 0.128 e. The van der Waals surface area contributed by atoms with Crippen molar-refractivity contribution in [2.45, 2.75) is 44.6 Å². The lowest BCUT2D eigenvalue weighted by atomic mass is 10.1. The number of pyridine rings is 1. The minimum Gasteiger partial charge on any atom is -0.381 e. The van der Waals surface area contributed by atoms with Gasteiger partial charge in [0.2, 0.25) is 0 Å². The maximum atomic E-state index is 5.38. The monoisotopic (exact) mass is 275 g/mol. The molecule has 0 bridgehead atoms. The van der Waals surface area contributed by atoms with Crippen molar-refractivity contribution in [2.75, 3.05) is 36.5 Å². The van der Waals surface area contributed by atoms with Crippen molar-refractivity contribution in [3.8, 4) is 0 Å². The van der Waals surface area contributed by atoms with E-state index in [1.54, 1.807) is 0 Å². The van der Waals surface area contributed by atoms with Crippen molar-refractivity contribution in [1.29, 1.82) is 0 Å². The molecule has 1 N–H and O–H groups in total. The summed E-state index contributed by atoms with van der Waals surface area (Å²) in [6.45, 7) is 3.51. The van der Waals surface area contributed by atoms with Crippen molar-refractivity contribution < 1.29 is 4.74 Å². The van der Waals surface area contributed by atoms with Gasteiger partial charge in [-0.15, -0.1) is 0 Å². The first kappa shape index (κ1) is 13.7. The van der Waals surface area contributed by atoms with Gasteiger partial charge in [-0.05, 0) is 25.0 Å². The zero-order valence-electron chi connectivity index (χ0n) is 12.2. The second-order valence-corrected chi connectivity index (χ2v) is 5.84. The van der Waals surface area contributed by atoms with Crippen molar-refractivity contribution >= 4 is 11.5 Å². The molecule has 3 rings (SSSR count). The summed E-state index contributed by atoms with van der Waals surface area (Å²) in [6, 6.07) is 4.93. The number of hydrogen-bond acceptors (Lipinski definition) is 4. The van der Waals surface area contributed by atoms with Crippen LogP contribution in [0.4, 0.5) is 11.5 Å². The average molecular weight is 275 g/mol. The fourth-order valence-electron chi connectivity index (χ4n) is 3.11. The smallest absolute Gasteiger partial charge is 0.128 e. The van der Waals surface area contributed by atoms with E-state index in [0.29, 0.717) is 6.04 Å². The molecule has 20 heavy (non-hydrogen) atoms. The van der Waals surface area contributed by atoms with Crippen molar-refractivity contribution in [1.82, 2.24) is 4.98 Å². The highest BCUT2D eigenvalue weighted by Crippen LogP contribution is 2.22. The topological polar surface area (TPSA) is 37.4 Å². The number of ether oxygens (including phenoxy) is 1. The molecule has 2 aliphatic rings. The third kappa shape index (κ3) is 3.63. The number of hydrogen-bond donors (Lipinski definition) is 1. The van der Waals surface area contributed by atoms with Crippen LogP contribution in [0, 0.1) is 0 Å². The van der Waals surface area contributed by atoms with Gasteiger partial charge in [-0.3, -0.25) is 0 Å². The van der Waals surface area contributed by atoms with Crippen LogP contribution in [0.2, 0.25) is 0 Å². The Morgan fingerprint density at radius 2 is 1.80 bits per heavy atom. The van der Waals surface area contributed by atoms with Crippen LogP contribution >= 0.6 is 0 Å². The lowest BCUT2D eigenvalue weighted by Gasteiger charge is -2.28. The standard InChI is InChI=1S/C16H25N3O/c1-2-4-6-14(5-3-1)18-15-7-8-16(17-13-15)19-9-11-20-12-10-19/h7-8,13-14,18H,1-6,9-12H2. The van der Waals surface area contributed by atoms with Gasteiger partial charge in [0.15, 0.2) is 0 Å². The lowest BCUT2D eigenvalue weighted by Crippen LogP contribution is -2.36. The van der Waals surface area contributed by atoms with Crippen LogP contribution in [0.25, 0.3) is 0 Å². The third-order valence-electron chi connectivity index (χ3n) is 4.31. The van der Waals surface area contributed by atoms with E-state index < -0.39 is 0 Å². The van der Waals surface area contributed by atoms with Gasteiger partial charge in [0.25, 0.3) is 0 Å². The van der Waals surface area contributed by atoms with Crippen molar-refractivity contribution in [2.24, 2.45) is 0 Å². The Balaban J connectivity index is 1.57. The number of morpholine rings is 1. The third-order valence-corrected chi connectivity index (χ3v) is 4.31. The molecule has 1 saturated heterocycles. The highest BCUT2D eigenvalue weighted by atomic mass is 16.5. The summed E-state index contributed by atoms with van der Waals surface area (Å²) in [7, 11) is 0. The first-order valence-corrected chi connectivity index (χ1v) is 7.97. The number of nitrogens with one attached hydrogen (secondary N) is 1. The summed E-state index contributed by atoms with van der Waals surface area (Å²) >= 11 is 0. The van der Waals surface area contributed by atoms with Crippen LogP contribution in [0.1, 0.15) is 38.5 Å². The van der Waals surface area contributed by atoms with Crippen LogP contribution < -0.4 is 10.2 Å². The van der Waals surface area contributed by atoms with Crippen LogP contribution in [-0.2, 0) is 4.74 Å². The number of nitrogens with zero attached hydrogens (tertiary/aromatic N) is 2. The molecule has 1 aliphatic heterocycles. The number of rotatable bonds is 3. The van der Waals surface area contributed by atoms with Gasteiger partial charge in [0.05, 0.1) is 25.1 Å². The Kier molecular flexibility index (Phi) is 4.74. The van der Waals surface area contributed by atoms with E-state index in [1.807, 2.05) is 6.20 Å². The largest absolute Gasteiger partial charge is 0.381 e. The van der Waals surface area contributed by atoms with Gasteiger partial charge in [-0.2, -0.15) is 0 Å². The molecule has 1 aliphatic carbocycles. The van der Waals surface area contributed by atoms with Crippen LogP contribution in [0.5, 0.6) is 0 Å². The molecule has 4 nitrogen and oxygen atoms in total. The summed E-state index contributed by atoms with van der Waals surface area (Å²) in [4.78, 5) is 6.89. The zero-order valence-corrected chi connectivity index (χ0v) is 12.2. The van der Waals surface area contributed by atoms with Gasteiger partial charge in [0, 0.05) is 19.1 Å². The Morgan fingerprint density at radius 3 is 2.45 bits per heavy atom. The Morgan fingerprint density at radius 1 is 1.05 bits per heavy atom. The molecule has 0 radical (unpaired) electrons. The molecule has 1 aromatic rings. The normalized spacial score (nSPS) is 21.5. The Labute approximate surface area is 121 Å². The molecule has 2 fully saturated rings. The quantitative estimate of drug-likeness (QED) is 0.860. The second-order valence-electron chi connectivity index (χ2n) is 5.84.